The summed E-state index contributed by atoms with van der Waals surface area (Å²) in [6, 6.07) is 0. The largest absolute Gasteiger partial charge is 0.447 e. The molecular weight excluding hydrogens is 238 g/mol. The van der Waals surface area contributed by atoms with E-state index in [2.05, 4.69) is 15.0 Å². The average Bonchev–Trinajstić information content (AvgIpc) is 2.85. The SMILES string of the molecule is CC(C)(N)c1cn(CC(=O)N2CCOC2=O)nn1. The van der Waals surface area contributed by atoms with Crippen molar-refractivity contribution in [2.45, 2.75) is 25.9 Å². The van der Waals surface area contributed by atoms with Crippen LogP contribution in [0.4, 0.5) is 4.79 Å². The van der Waals surface area contributed by atoms with Crippen LogP contribution in [0, 0.1) is 0 Å². The highest BCUT2D eigenvalue weighted by atomic mass is 16.6. The zero-order valence-corrected chi connectivity index (χ0v) is 10.3. The molecule has 8 nitrogen and oxygen atoms in total. The van der Waals surface area contributed by atoms with Crippen LogP contribution in [-0.4, -0.2) is 45.0 Å². The minimum Gasteiger partial charge on any atom is -0.447 e. The van der Waals surface area contributed by atoms with E-state index in [1.807, 2.05) is 0 Å². The summed E-state index contributed by atoms with van der Waals surface area (Å²) in [5.74, 6) is -0.372. The van der Waals surface area contributed by atoms with Crippen LogP contribution in [0.2, 0.25) is 0 Å². The number of rotatable bonds is 3. The third-order valence-electron chi connectivity index (χ3n) is 2.56. The molecule has 2 rings (SSSR count). The minimum absolute atomic E-state index is 0.0574. The highest BCUT2D eigenvalue weighted by Crippen LogP contribution is 2.12. The maximum Gasteiger partial charge on any atom is 0.416 e. The quantitative estimate of drug-likeness (QED) is 0.775. The fourth-order valence-electron chi connectivity index (χ4n) is 1.51. The molecule has 18 heavy (non-hydrogen) atoms. The van der Waals surface area contributed by atoms with Crippen molar-refractivity contribution in [2.24, 2.45) is 5.73 Å². The number of nitrogens with zero attached hydrogens (tertiary/aromatic N) is 4. The van der Waals surface area contributed by atoms with E-state index in [0.29, 0.717) is 5.69 Å². The number of hydrogen-bond donors (Lipinski definition) is 1. The number of ether oxygens (including phenoxy) is 1. The lowest BCUT2D eigenvalue weighted by atomic mass is 10.0. The summed E-state index contributed by atoms with van der Waals surface area (Å²) < 4.78 is 6.04. The molecule has 1 aromatic rings. The summed E-state index contributed by atoms with van der Waals surface area (Å²) in [5, 5.41) is 7.69. The summed E-state index contributed by atoms with van der Waals surface area (Å²) >= 11 is 0. The highest BCUT2D eigenvalue weighted by molar-refractivity contribution is 5.92. The third-order valence-corrected chi connectivity index (χ3v) is 2.56. The predicted octanol–water partition coefficient (Wildman–Crippen LogP) is -0.549. The summed E-state index contributed by atoms with van der Waals surface area (Å²) in [6.45, 7) is 4.05. The molecule has 0 unspecified atom stereocenters. The van der Waals surface area contributed by atoms with Gasteiger partial charge in [-0.25, -0.2) is 14.4 Å². The molecule has 1 aromatic heterocycles. The van der Waals surface area contributed by atoms with Gasteiger partial charge in [0.25, 0.3) is 5.91 Å². The monoisotopic (exact) mass is 253 g/mol. The minimum atomic E-state index is -0.617. The number of carbonyl (C=O) groups is 2. The van der Waals surface area contributed by atoms with Crippen LogP contribution < -0.4 is 5.73 Å². The molecule has 1 aliphatic rings. The molecule has 0 saturated carbocycles. The van der Waals surface area contributed by atoms with Crippen LogP contribution in [0.5, 0.6) is 0 Å². The Morgan fingerprint density at radius 3 is 2.83 bits per heavy atom. The second-order valence-electron chi connectivity index (χ2n) is 4.68. The summed E-state index contributed by atoms with van der Waals surface area (Å²) in [4.78, 5) is 24.0. The van der Waals surface area contributed by atoms with Gasteiger partial charge in [0.05, 0.1) is 18.3 Å². The number of nitrogens with two attached hydrogens (primary N) is 1. The molecule has 0 atom stereocenters. The molecule has 2 N–H and O–H groups in total. The van der Waals surface area contributed by atoms with Gasteiger partial charge in [0.15, 0.2) is 0 Å². The second kappa shape index (κ2) is 4.37. The molecule has 1 saturated heterocycles. The normalized spacial score (nSPS) is 15.9. The van der Waals surface area contributed by atoms with Crippen molar-refractivity contribution in [3.05, 3.63) is 11.9 Å². The van der Waals surface area contributed by atoms with Crippen LogP contribution in [-0.2, 0) is 21.6 Å². The average molecular weight is 253 g/mol. The molecule has 8 heteroatoms. The fraction of sp³-hybridized carbons (Fsp3) is 0.600. The van der Waals surface area contributed by atoms with Gasteiger partial charge in [0.2, 0.25) is 0 Å². The first-order valence-corrected chi connectivity index (χ1v) is 5.54. The maximum absolute atomic E-state index is 11.8. The van der Waals surface area contributed by atoms with Gasteiger partial charge >= 0.3 is 6.09 Å². The van der Waals surface area contributed by atoms with E-state index < -0.39 is 11.6 Å². The highest BCUT2D eigenvalue weighted by Gasteiger charge is 2.29. The molecule has 0 bridgehead atoms. The molecule has 98 valence electrons. The Bertz CT molecular complexity index is 476. The van der Waals surface area contributed by atoms with Gasteiger partial charge in [0, 0.05) is 0 Å². The van der Waals surface area contributed by atoms with E-state index in [4.69, 9.17) is 5.73 Å². The first-order chi connectivity index (χ1) is 8.38. The van der Waals surface area contributed by atoms with Gasteiger partial charge in [-0.1, -0.05) is 5.21 Å². The number of hydrogen-bond acceptors (Lipinski definition) is 6. The number of amides is 2. The van der Waals surface area contributed by atoms with E-state index >= 15 is 0 Å². The number of aromatic nitrogens is 3. The number of carbonyl (C=O) groups excluding carboxylic acids is 2. The Morgan fingerprint density at radius 1 is 1.61 bits per heavy atom. The lowest BCUT2D eigenvalue weighted by Crippen LogP contribution is -2.34. The van der Waals surface area contributed by atoms with Crippen molar-refractivity contribution >= 4 is 12.0 Å². The van der Waals surface area contributed by atoms with Crippen molar-refractivity contribution < 1.29 is 14.3 Å². The number of imide groups is 1. The first kappa shape index (κ1) is 12.5. The Balaban J connectivity index is 2.03. The van der Waals surface area contributed by atoms with Gasteiger partial charge < -0.3 is 10.5 Å². The summed E-state index contributed by atoms with van der Waals surface area (Å²) in [5.41, 5.74) is 5.83. The van der Waals surface area contributed by atoms with E-state index in [-0.39, 0.29) is 25.6 Å². The van der Waals surface area contributed by atoms with Crippen molar-refractivity contribution in [3.8, 4) is 0 Å². The molecule has 1 fully saturated rings. The topological polar surface area (TPSA) is 103 Å². The van der Waals surface area contributed by atoms with Gasteiger partial charge in [0.1, 0.15) is 18.8 Å². The molecule has 0 spiro atoms. The molecule has 0 aliphatic carbocycles. The zero-order valence-electron chi connectivity index (χ0n) is 10.3. The van der Waals surface area contributed by atoms with E-state index in [0.717, 1.165) is 4.90 Å². The van der Waals surface area contributed by atoms with E-state index in [1.165, 1.54) is 4.68 Å². The van der Waals surface area contributed by atoms with Crippen LogP contribution in [0.15, 0.2) is 6.20 Å². The first-order valence-electron chi connectivity index (χ1n) is 5.54. The van der Waals surface area contributed by atoms with Gasteiger partial charge in [-0.2, -0.15) is 0 Å². The maximum atomic E-state index is 11.8. The summed E-state index contributed by atoms with van der Waals surface area (Å²) in [6.07, 6.45) is 0.985. The molecule has 1 aliphatic heterocycles. The van der Waals surface area contributed by atoms with Crippen molar-refractivity contribution in [1.29, 1.82) is 0 Å². The van der Waals surface area contributed by atoms with Gasteiger partial charge in [-0.05, 0) is 13.8 Å². The summed E-state index contributed by atoms with van der Waals surface area (Å²) in [7, 11) is 0. The molecule has 0 aromatic carbocycles. The van der Waals surface area contributed by atoms with Gasteiger partial charge in [-0.3, -0.25) is 4.79 Å². The smallest absolute Gasteiger partial charge is 0.416 e. The predicted molar refractivity (Wildman–Crippen MR) is 60.3 cm³/mol. The van der Waals surface area contributed by atoms with Gasteiger partial charge in [-0.15, -0.1) is 5.10 Å². The Morgan fingerprint density at radius 2 is 2.33 bits per heavy atom. The second-order valence-corrected chi connectivity index (χ2v) is 4.68. The van der Waals surface area contributed by atoms with Crippen molar-refractivity contribution in [2.75, 3.05) is 13.2 Å². The Hall–Kier alpha value is -1.96. The molecular formula is C10H15N5O3. The lowest BCUT2D eigenvalue weighted by Gasteiger charge is -2.13. The Labute approximate surface area is 104 Å². The van der Waals surface area contributed by atoms with Crippen molar-refractivity contribution in [1.82, 2.24) is 19.9 Å². The van der Waals surface area contributed by atoms with Crippen LogP contribution in [0.1, 0.15) is 19.5 Å². The van der Waals surface area contributed by atoms with E-state index in [9.17, 15) is 9.59 Å². The van der Waals surface area contributed by atoms with Crippen LogP contribution in [0.25, 0.3) is 0 Å². The zero-order chi connectivity index (χ0) is 13.3. The fourth-order valence-corrected chi connectivity index (χ4v) is 1.51. The molecule has 2 amide bonds. The van der Waals surface area contributed by atoms with Crippen LogP contribution >= 0.6 is 0 Å². The standard InChI is InChI=1S/C10H15N5O3/c1-10(2,11)7-5-14(13-12-7)6-8(16)15-3-4-18-9(15)17/h5H,3-4,6,11H2,1-2H3. The molecule has 2 heterocycles. The molecule has 0 radical (unpaired) electrons. The van der Waals surface area contributed by atoms with Crippen molar-refractivity contribution in [3.63, 3.8) is 0 Å². The Kier molecular flexibility index (Phi) is 3.04. The lowest BCUT2D eigenvalue weighted by molar-refractivity contribution is -0.128. The van der Waals surface area contributed by atoms with E-state index in [1.54, 1.807) is 20.0 Å². The van der Waals surface area contributed by atoms with Crippen LogP contribution in [0.3, 0.4) is 0 Å². The third kappa shape index (κ3) is 2.48. The number of cyclic esters (lactones) is 1.